The highest BCUT2D eigenvalue weighted by Gasteiger charge is 2.33. The van der Waals surface area contributed by atoms with Crippen LogP contribution in [0.4, 0.5) is 11.4 Å². The van der Waals surface area contributed by atoms with E-state index in [4.69, 9.17) is 10.8 Å². The average molecular weight is 274 g/mol. The van der Waals surface area contributed by atoms with Crippen LogP contribution in [0.15, 0.2) is 18.2 Å². The molecule has 1 saturated carbocycles. The van der Waals surface area contributed by atoms with Crippen LogP contribution >= 0.6 is 0 Å². The van der Waals surface area contributed by atoms with E-state index in [0.29, 0.717) is 11.7 Å². The van der Waals surface area contributed by atoms with Crippen molar-refractivity contribution in [1.82, 2.24) is 0 Å². The summed E-state index contributed by atoms with van der Waals surface area (Å²) in [5, 5.41) is 9.03. The number of carboxylic acid groups (broad SMARTS) is 1. The highest BCUT2D eigenvalue weighted by atomic mass is 16.4. The molecule has 3 N–H and O–H groups in total. The average Bonchev–Trinajstić information content (AvgIpc) is 2.46. The number of hydrogen-bond acceptors (Lipinski definition) is 3. The number of piperidine rings is 1. The van der Waals surface area contributed by atoms with Gasteiger partial charge in [0.2, 0.25) is 0 Å². The first kappa shape index (κ1) is 13.3. The molecule has 0 bridgehead atoms. The molecule has 4 heteroatoms. The molecule has 2 atom stereocenters. The van der Waals surface area contributed by atoms with E-state index in [2.05, 4.69) is 4.90 Å². The summed E-state index contributed by atoms with van der Waals surface area (Å²) < 4.78 is 0. The lowest BCUT2D eigenvalue weighted by Gasteiger charge is -2.45. The number of fused-ring (bicyclic) bond motifs is 1. The molecule has 1 aromatic carbocycles. The molecule has 3 rings (SSSR count). The molecule has 0 aromatic heterocycles. The van der Waals surface area contributed by atoms with Gasteiger partial charge in [-0.05, 0) is 49.8 Å². The van der Waals surface area contributed by atoms with E-state index in [1.807, 2.05) is 6.07 Å². The van der Waals surface area contributed by atoms with E-state index < -0.39 is 5.97 Å². The van der Waals surface area contributed by atoms with Gasteiger partial charge in [0.25, 0.3) is 0 Å². The number of anilines is 2. The zero-order chi connectivity index (χ0) is 14.1. The largest absolute Gasteiger partial charge is 0.478 e. The number of nitrogens with two attached hydrogens (primary N) is 1. The summed E-state index contributed by atoms with van der Waals surface area (Å²) in [5.74, 6) is -0.131. The summed E-state index contributed by atoms with van der Waals surface area (Å²) in [6.45, 7) is 1.04. The molecule has 4 nitrogen and oxygen atoms in total. The lowest BCUT2D eigenvalue weighted by atomic mass is 9.78. The highest BCUT2D eigenvalue weighted by Crippen LogP contribution is 2.39. The van der Waals surface area contributed by atoms with Gasteiger partial charge in [-0.2, -0.15) is 0 Å². The van der Waals surface area contributed by atoms with Crippen molar-refractivity contribution in [2.75, 3.05) is 17.2 Å². The van der Waals surface area contributed by atoms with Gasteiger partial charge in [-0.25, -0.2) is 4.79 Å². The SMILES string of the molecule is Nc1cc(C(=O)O)ccc1N1CCC[C@H]2CCCC[C@H]21. The van der Waals surface area contributed by atoms with Crippen molar-refractivity contribution in [3.8, 4) is 0 Å². The number of carbonyl (C=O) groups is 1. The van der Waals surface area contributed by atoms with Crippen LogP contribution in [0, 0.1) is 5.92 Å². The summed E-state index contributed by atoms with van der Waals surface area (Å²) in [6.07, 6.45) is 7.75. The molecule has 0 radical (unpaired) electrons. The van der Waals surface area contributed by atoms with Gasteiger partial charge in [0.15, 0.2) is 0 Å². The minimum Gasteiger partial charge on any atom is -0.478 e. The summed E-state index contributed by atoms with van der Waals surface area (Å²) in [5.41, 5.74) is 7.99. The number of nitrogen functional groups attached to an aromatic ring is 1. The Morgan fingerprint density at radius 3 is 2.70 bits per heavy atom. The quantitative estimate of drug-likeness (QED) is 0.813. The van der Waals surface area contributed by atoms with E-state index in [1.165, 1.54) is 38.5 Å². The van der Waals surface area contributed by atoms with E-state index in [0.717, 1.165) is 18.2 Å². The van der Waals surface area contributed by atoms with Crippen molar-refractivity contribution in [3.05, 3.63) is 23.8 Å². The summed E-state index contributed by atoms with van der Waals surface area (Å²) in [6, 6.07) is 5.73. The summed E-state index contributed by atoms with van der Waals surface area (Å²) >= 11 is 0. The van der Waals surface area contributed by atoms with Gasteiger partial charge >= 0.3 is 5.97 Å². The third-order valence-electron chi connectivity index (χ3n) is 4.83. The zero-order valence-electron chi connectivity index (χ0n) is 11.7. The van der Waals surface area contributed by atoms with E-state index >= 15 is 0 Å². The fourth-order valence-corrected chi connectivity index (χ4v) is 3.87. The van der Waals surface area contributed by atoms with Crippen LogP contribution in [0.2, 0.25) is 0 Å². The Morgan fingerprint density at radius 2 is 1.95 bits per heavy atom. The van der Waals surface area contributed by atoms with Crippen LogP contribution in [0.3, 0.4) is 0 Å². The lowest BCUT2D eigenvalue weighted by Crippen LogP contribution is -2.47. The topological polar surface area (TPSA) is 66.6 Å². The molecule has 0 amide bonds. The number of hydrogen-bond donors (Lipinski definition) is 2. The maximum absolute atomic E-state index is 11.0. The Kier molecular flexibility index (Phi) is 3.55. The van der Waals surface area contributed by atoms with Crippen molar-refractivity contribution in [2.45, 2.75) is 44.6 Å². The van der Waals surface area contributed by atoms with Gasteiger partial charge in [0, 0.05) is 12.6 Å². The Hall–Kier alpha value is -1.71. The molecule has 0 unspecified atom stereocenters. The Labute approximate surface area is 119 Å². The minimum absolute atomic E-state index is 0.267. The molecular formula is C16H22N2O2. The number of rotatable bonds is 2. The van der Waals surface area contributed by atoms with Crippen LogP contribution in [0.5, 0.6) is 0 Å². The molecule has 1 heterocycles. The van der Waals surface area contributed by atoms with Crippen molar-refractivity contribution >= 4 is 17.3 Å². The van der Waals surface area contributed by atoms with Crippen LogP contribution < -0.4 is 10.6 Å². The normalized spacial score (nSPS) is 26.1. The first-order chi connectivity index (χ1) is 9.66. The summed E-state index contributed by atoms with van der Waals surface area (Å²) in [7, 11) is 0. The van der Waals surface area contributed by atoms with E-state index in [9.17, 15) is 4.79 Å². The predicted octanol–water partition coefficient (Wildman–Crippen LogP) is 3.13. The highest BCUT2D eigenvalue weighted by molar-refractivity contribution is 5.90. The second-order valence-electron chi connectivity index (χ2n) is 6.03. The molecule has 0 spiro atoms. The molecule has 1 aliphatic heterocycles. The number of nitrogens with zero attached hydrogens (tertiary/aromatic N) is 1. The first-order valence-electron chi connectivity index (χ1n) is 7.56. The maximum atomic E-state index is 11.0. The fourth-order valence-electron chi connectivity index (χ4n) is 3.87. The molecule has 2 fully saturated rings. The van der Waals surface area contributed by atoms with Crippen LogP contribution in [0.1, 0.15) is 48.9 Å². The Bertz CT molecular complexity index is 513. The van der Waals surface area contributed by atoms with Crippen molar-refractivity contribution in [1.29, 1.82) is 0 Å². The third-order valence-corrected chi connectivity index (χ3v) is 4.83. The van der Waals surface area contributed by atoms with Crippen molar-refractivity contribution in [3.63, 3.8) is 0 Å². The molecular weight excluding hydrogens is 252 g/mol. The fraction of sp³-hybridized carbons (Fsp3) is 0.562. The maximum Gasteiger partial charge on any atom is 0.335 e. The number of aromatic carboxylic acids is 1. The molecule has 1 aliphatic carbocycles. The third kappa shape index (κ3) is 2.35. The van der Waals surface area contributed by atoms with Gasteiger partial charge in [-0.15, -0.1) is 0 Å². The van der Waals surface area contributed by atoms with Gasteiger partial charge in [-0.1, -0.05) is 12.8 Å². The Morgan fingerprint density at radius 1 is 1.20 bits per heavy atom. The molecule has 108 valence electrons. The molecule has 20 heavy (non-hydrogen) atoms. The second kappa shape index (κ2) is 5.35. The molecule has 1 aromatic rings. The van der Waals surface area contributed by atoms with E-state index in [-0.39, 0.29) is 5.56 Å². The van der Waals surface area contributed by atoms with Crippen LogP contribution in [-0.4, -0.2) is 23.7 Å². The van der Waals surface area contributed by atoms with Crippen LogP contribution in [0.25, 0.3) is 0 Å². The van der Waals surface area contributed by atoms with Gasteiger partial charge in [0.05, 0.1) is 16.9 Å². The molecule has 2 aliphatic rings. The number of benzene rings is 1. The monoisotopic (exact) mass is 274 g/mol. The first-order valence-corrected chi connectivity index (χ1v) is 7.56. The summed E-state index contributed by atoms with van der Waals surface area (Å²) in [4.78, 5) is 13.4. The zero-order valence-corrected chi connectivity index (χ0v) is 11.7. The van der Waals surface area contributed by atoms with Crippen molar-refractivity contribution in [2.24, 2.45) is 5.92 Å². The van der Waals surface area contributed by atoms with Gasteiger partial charge in [0.1, 0.15) is 0 Å². The van der Waals surface area contributed by atoms with Crippen molar-refractivity contribution < 1.29 is 9.90 Å². The van der Waals surface area contributed by atoms with Gasteiger partial charge in [-0.3, -0.25) is 0 Å². The lowest BCUT2D eigenvalue weighted by molar-refractivity contribution is 0.0697. The predicted molar refractivity (Wildman–Crippen MR) is 80.1 cm³/mol. The number of carboxylic acids is 1. The van der Waals surface area contributed by atoms with E-state index in [1.54, 1.807) is 12.1 Å². The molecule has 1 saturated heterocycles. The smallest absolute Gasteiger partial charge is 0.335 e. The van der Waals surface area contributed by atoms with Gasteiger partial charge < -0.3 is 15.7 Å². The second-order valence-corrected chi connectivity index (χ2v) is 6.03. The minimum atomic E-state index is -0.919. The Balaban J connectivity index is 1.89. The van der Waals surface area contributed by atoms with Crippen LogP contribution in [-0.2, 0) is 0 Å². The standard InChI is InChI=1S/C16H22N2O2/c17-13-10-12(16(19)20)7-8-15(13)18-9-3-5-11-4-1-2-6-14(11)18/h7-8,10-11,14H,1-6,9,17H2,(H,19,20)/t11-,14-/m1/s1.